The Morgan fingerprint density at radius 1 is 1.07 bits per heavy atom. The van der Waals surface area contributed by atoms with E-state index in [2.05, 4.69) is 20.8 Å². The van der Waals surface area contributed by atoms with Crippen LogP contribution >= 0.6 is 0 Å². The number of carbonyl (C=O) groups excluding carboxylic acids is 2. The predicted octanol–water partition coefficient (Wildman–Crippen LogP) is 3.37. The highest BCUT2D eigenvalue weighted by Gasteiger charge is 2.23. The number of nitrogens with zero attached hydrogens (tertiary/aromatic N) is 3. The van der Waals surface area contributed by atoms with Gasteiger partial charge < -0.3 is 15.2 Å². The van der Waals surface area contributed by atoms with Crippen LogP contribution in [-0.2, 0) is 0 Å². The van der Waals surface area contributed by atoms with Crippen molar-refractivity contribution in [2.24, 2.45) is 0 Å². The fourth-order valence-corrected chi connectivity index (χ4v) is 3.05. The van der Waals surface area contributed by atoms with Crippen LogP contribution in [-0.4, -0.2) is 26.4 Å². The molecule has 8 nitrogen and oxygen atoms in total. The summed E-state index contributed by atoms with van der Waals surface area (Å²) in [5.74, 6) is 0.0851. The number of aromatic nitrogens is 3. The molecule has 3 heterocycles. The summed E-state index contributed by atoms with van der Waals surface area (Å²) < 4.78 is 6.54. The van der Waals surface area contributed by atoms with E-state index in [1.165, 1.54) is 0 Å². The molecule has 3 aromatic heterocycles. The first-order valence-electron chi connectivity index (χ1n) is 9.10. The molecule has 0 saturated heterocycles. The topological polar surface area (TPSA) is 102 Å². The fourth-order valence-electron chi connectivity index (χ4n) is 3.05. The number of aryl methyl sites for hydroxylation is 1. The lowest BCUT2D eigenvalue weighted by atomic mass is 10.1. The summed E-state index contributed by atoms with van der Waals surface area (Å²) in [7, 11) is 0. The third-order valence-electron chi connectivity index (χ3n) is 4.48. The number of hydrogen-bond acceptors (Lipinski definition) is 5. The van der Waals surface area contributed by atoms with Crippen molar-refractivity contribution in [1.82, 2.24) is 19.9 Å². The highest BCUT2D eigenvalue weighted by Crippen LogP contribution is 2.17. The summed E-state index contributed by atoms with van der Waals surface area (Å²) in [4.78, 5) is 29.9. The number of amides is 2. The number of imidazole rings is 1. The largest absolute Gasteiger partial charge is 0.360 e. The minimum Gasteiger partial charge on any atom is -0.360 e. The van der Waals surface area contributed by atoms with E-state index in [4.69, 9.17) is 4.52 Å². The van der Waals surface area contributed by atoms with Gasteiger partial charge in [0.1, 0.15) is 5.76 Å². The summed E-state index contributed by atoms with van der Waals surface area (Å²) in [5.41, 5.74) is 1.69. The number of anilines is 1. The summed E-state index contributed by atoms with van der Waals surface area (Å²) in [5, 5.41) is 9.32. The van der Waals surface area contributed by atoms with Crippen molar-refractivity contribution in [3.8, 4) is 0 Å². The van der Waals surface area contributed by atoms with Crippen LogP contribution < -0.4 is 10.6 Å². The minimum absolute atomic E-state index is 0.0822. The molecule has 0 aliphatic rings. The van der Waals surface area contributed by atoms with Crippen LogP contribution in [0.25, 0.3) is 5.52 Å². The van der Waals surface area contributed by atoms with Crippen LogP contribution in [0.5, 0.6) is 0 Å². The maximum absolute atomic E-state index is 12.9. The van der Waals surface area contributed by atoms with E-state index in [-0.39, 0.29) is 29.3 Å². The second-order valence-corrected chi connectivity index (χ2v) is 6.62. The average molecular weight is 389 g/mol. The smallest absolute Gasteiger partial charge is 0.293 e. The third-order valence-corrected chi connectivity index (χ3v) is 4.48. The maximum atomic E-state index is 12.9. The zero-order chi connectivity index (χ0) is 20.4. The minimum atomic E-state index is -0.491. The lowest BCUT2D eigenvalue weighted by molar-refractivity contribution is 0.0937. The van der Waals surface area contributed by atoms with Gasteiger partial charge in [0.15, 0.2) is 11.5 Å². The zero-order valence-corrected chi connectivity index (χ0v) is 15.9. The second-order valence-electron chi connectivity index (χ2n) is 6.62. The molecule has 0 bridgehead atoms. The Morgan fingerprint density at radius 3 is 2.55 bits per heavy atom. The Balaban J connectivity index is 1.63. The van der Waals surface area contributed by atoms with Crippen LogP contribution in [0, 0.1) is 6.92 Å². The molecule has 8 heteroatoms. The van der Waals surface area contributed by atoms with Crippen LogP contribution in [0.1, 0.15) is 45.4 Å². The van der Waals surface area contributed by atoms with E-state index in [9.17, 15) is 9.59 Å². The molecule has 4 rings (SSSR count). The van der Waals surface area contributed by atoms with Crippen molar-refractivity contribution < 1.29 is 14.1 Å². The van der Waals surface area contributed by atoms with Gasteiger partial charge in [0.25, 0.3) is 11.8 Å². The molecule has 2 amide bonds. The first kappa shape index (κ1) is 18.4. The molecule has 0 radical (unpaired) electrons. The van der Waals surface area contributed by atoms with E-state index in [1.54, 1.807) is 41.8 Å². The Bertz CT molecular complexity index is 1180. The lowest BCUT2D eigenvalue weighted by Crippen LogP contribution is -2.27. The molecule has 1 unspecified atom stereocenters. The van der Waals surface area contributed by atoms with E-state index >= 15 is 0 Å². The number of hydrogen-bond donors (Lipinski definition) is 2. The molecule has 1 atom stereocenters. The monoisotopic (exact) mass is 389 g/mol. The summed E-state index contributed by atoms with van der Waals surface area (Å²) >= 11 is 0. The number of fused-ring (bicyclic) bond motifs is 1. The maximum Gasteiger partial charge on any atom is 0.293 e. The summed E-state index contributed by atoms with van der Waals surface area (Å²) in [6.45, 7) is 3.62. The third kappa shape index (κ3) is 3.73. The van der Waals surface area contributed by atoms with Gasteiger partial charge in [-0.25, -0.2) is 4.98 Å². The number of carbonyl (C=O) groups is 2. The molecule has 0 spiro atoms. The van der Waals surface area contributed by atoms with Crippen LogP contribution in [0.2, 0.25) is 0 Å². The van der Waals surface area contributed by atoms with Crippen LogP contribution in [0.4, 0.5) is 5.82 Å². The quantitative estimate of drug-likeness (QED) is 0.545. The molecule has 0 aliphatic heterocycles. The molecule has 2 N–H and O–H groups in total. The second kappa shape index (κ2) is 7.59. The van der Waals surface area contributed by atoms with E-state index in [0.29, 0.717) is 11.3 Å². The molecular weight excluding hydrogens is 370 g/mol. The van der Waals surface area contributed by atoms with E-state index in [1.807, 2.05) is 37.3 Å². The lowest BCUT2D eigenvalue weighted by Gasteiger charge is -2.13. The number of pyridine rings is 1. The van der Waals surface area contributed by atoms with E-state index < -0.39 is 5.91 Å². The molecular formula is C21H19N5O3. The number of nitrogens with one attached hydrogen (secondary N) is 2. The molecule has 29 heavy (non-hydrogen) atoms. The first-order valence-corrected chi connectivity index (χ1v) is 9.10. The normalized spacial score (nSPS) is 11.9. The first-order chi connectivity index (χ1) is 14.0. The molecule has 1 aromatic carbocycles. The Morgan fingerprint density at radius 2 is 1.83 bits per heavy atom. The Hall–Kier alpha value is -3.94. The van der Waals surface area contributed by atoms with Gasteiger partial charge in [0.05, 0.1) is 11.6 Å². The van der Waals surface area contributed by atoms with Crippen LogP contribution in [0.3, 0.4) is 0 Å². The summed E-state index contributed by atoms with van der Waals surface area (Å²) in [6, 6.07) is 16.3. The van der Waals surface area contributed by atoms with Crippen molar-refractivity contribution in [3.05, 3.63) is 83.6 Å². The average Bonchev–Trinajstić information content (AvgIpc) is 3.32. The predicted molar refractivity (Wildman–Crippen MR) is 107 cm³/mol. The van der Waals surface area contributed by atoms with Crippen molar-refractivity contribution in [2.45, 2.75) is 19.9 Å². The van der Waals surface area contributed by atoms with Gasteiger partial charge >= 0.3 is 0 Å². The molecule has 4 aromatic rings. The van der Waals surface area contributed by atoms with E-state index in [0.717, 1.165) is 5.56 Å². The van der Waals surface area contributed by atoms with Gasteiger partial charge in [0.2, 0.25) is 5.82 Å². The van der Waals surface area contributed by atoms with Crippen molar-refractivity contribution in [2.75, 3.05) is 5.32 Å². The molecule has 146 valence electrons. The summed E-state index contributed by atoms with van der Waals surface area (Å²) in [6.07, 6.45) is 1.68. The van der Waals surface area contributed by atoms with Gasteiger partial charge in [-0.15, -0.1) is 0 Å². The van der Waals surface area contributed by atoms with Crippen LogP contribution in [0.15, 0.2) is 65.3 Å². The molecule has 0 fully saturated rings. The zero-order valence-electron chi connectivity index (χ0n) is 15.9. The Labute approximate surface area is 166 Å². The van der Waals surface area contributed by atoms with Crippen molar-refractivity contribution in [3.63, 3.8) is 0 Å². The van der Waals surface area contributed by atoms with Crippen molar-refractivity contribution >= 4 is 23.1 Å². The highest BCUT2D eigenvalue weighted by atomic mass is 16.5. The van der Waals surface area contributed by atoms with Gasteiger partial charge in [-0.2, -0.15) is 0 Å². The molecule has 0 saturated carbocycles. The highest BCUT2D eigenvalue weighted by molar-refractivity contribution is 6.05. The van der Waals surface area contributed by atoms with Gasteiger partial charge in [-0.3, -0.25) is 14.0 Å². The van der Waals surface area contributed by atoms with Crippen molar-refractivity contribution in [1.29, 1.82) is 0 Å². The van der Waals surface area contributed by atoms with Gasteiger partial charge in [-0.1, -0.05) is 41.6 Å². The van der Waals surface area contributed by atoms with Gasteiger partial charge in [-0.05, 0) is 31.5 Å². The Kier molecular flexibility index (Phi) is 4.82. The number of rotatable bonds is 5. The molecule has 0 aliphatic carbocycles. The number of benzene rings is 1. The van der Waals surface area contributed by atoms with Gasteiger partial charge in [0, 0.05) is 12.3 Å². The standard InChI is InChI=1S/C21H19N5O3/c1-13-12-17(25-29-13)23-21(28)19-24-18(16-10-6-7-11-26(16)19)20(27)22-14(2)15-8-4-3-5-9-15/h3-12,14H,1-2H3,(H,22,27)(H,23,25,28). The fraction of sp³-hybridized carbons (Fsp3) is 0.143. The SMILES string of the molecule is Cc1cc(NC(=O)c2nc(C(=O)NC(C)c3ccccc3)c3ccccn23)no1.